The van der Waals surface area contributed by atoms with Crippen molar-refractivity contribution >= 4 is 29.3 Å². The molecule has 2 aromatic carbocycles. The molecule has 1 aliphatic carbocycles. The maximum Gasteiger partial charge on any atom is 0.259 e. The molecule has 30 heavy (non-hydrogen) atoms. The molecule has 0 spiro atoms. The van der Waals surface area contributed by atoms with Gasteiger partial charge in [-0.15, -0.1) is 6.58 Å². The second kappa shape index (κ2) is 8.68. The zero-order chi connectivity index (χ0) is 21.3. The Hall–Kier alpha value is -2.53. The van der Waals surface area contributed by atoms with Crippen LogP contribution in [-0.4, -0.2) is 24.4 Å². The molecular weight excluding hydrogens is 392 g/mol. The molecule has 1 heterocycles. The molecule has 0 unspecified atom stereocenters. The van der Waals surface area contributed by atoms with Crippen LogP contribution in [0, 0.1) is 11.8 Å². The van der Waals surface area contributed by atoms with Crippen molar-refractivity contribution in [1.29, 1.82) is 0 Å². The van der Waals surface area contributed by atoms with E-state index in [1.54, 1.807) is 22.7 Å². The number of hydrogen-bond donors (Lipinski definition) is 1. The van der Waals surface area contributed by atoms with Crippen LogP contribution in [0.25, 0.3) is 0 Å². The molecule has 2 amide bonds. The number of hydrogen-bond acceptors (Lipinski definition) is 3. The monoisotopic (exact) mass is 420 g/mol. The van der Waals surface area contributed by atoms with Gasteiger partial charge < -0.3 is 10.2 Å². The summed E-state index contributed by atoms with van der Waals surface area (Å²) in [4.78, 5) is 29.9. The van der Waals surface area contributed by atoms with E-state index in [1.165, 1.54) is 6.42 Å². The minimum absolute atomic E-state index is 0.0657. The average Bonchev–Trinajstić information content (AvgIpc) is 2.86. The first-order chi connectivity index (χ1) is 14.5. The molecule has 2 aromatic rings. The maximum atomic E-state index is 13.2. The van der Waals surface area contributed by atoms with Crippen LogP contribution >= 0.6 is 11.8 Å². The Kier molecular flexibility index (Phi) is 6.00. The minimum atomic E-state index is -0.0680. The lowest BCUT2D eigenvalue weighted by atomic mass is 9.78. The quantitative estimate of drug-likeness (QED) is 0.661. The average molecular weight is 421 g/mol. The van der Waals surface area contributed by atoms with E-state index in [1.807, 2.05) is 42.5 Å². The van der Waals surface area contributed by atoms with Crippen molar-refractivity contribution in [3.63, 3.8) is 0 Å². The fourth-order valence-corrected chi connectivity index (χ4v) is 5.47. The molecule has 2 aliphatic rings. The Morgan fingerprint density at radius 2 is 2.00 bits per heavy atom. The molecule has 1 fully saturated rings. The number of fused-ring (bicyclic) bond motifs is 2. The second-order valence-corrected chi connectivity index (χ2v) is 9.42. The molecule has 1 N–H and O–H groups in total. The first-order valence-corrected chi connectivity index (χ1v) is 11.5. The predicted molar refractivity (Wildman–Crippen MR) is 122 cm³/mol. The van der Waals surface area contributed by atoms with Gasteiger partial charge in [0.05, 0.1) is 11.3 Å². The van der Waals surface area contributed by atoms with Gasteiger partial charge in [0, 0.05) is 27.9 Å². The summed E-state index contributed by atoms with van der Waals surface area (Å²) in [6.45, 7) is 8.70. The normalized spacial score (nSPS) is 23.2. The topological polar surface area (TPSA) is 49.4 Å². The van der Waals surface area contributed by atoms with Crippen molar-refractivity contribution in [1.82, 2.24) is 5.32 Å². The van der Waals surface area contributed by atoms with E-state index in [9.17, 15) is 9.59 Å². The van der Waals surface area contributed by atoms with Crippen LogP contribution in [0.2, 0.25) is 0 Å². The fourth-order valence-electron chi connectivity index (χ4n) is 4.41. The molecule has 4 nitrogen and oxygen atoms in total. The van der Waals surface area contributed by atoms with Gasteiger partial charge in [-0.25, -0.2) is 0 Å². The first-order valence-electron chi connectivity index (χ1n) is 10.6. The Morgan fingerprint density at radius 3 is 2.80 bits per heavy atom. The Balaban J connectivity index is 1.65. The van der Waals surface area contributed by atoms with Crippen LogP contribution in [0.4, 0.5) is 5.69 Å². The number of carbonyl (C=O) groups is 2. The highest BCUT2D eigenvalue weighted by atomic mass is 32.2. The van der Waals surface area contributed by atoms with E-state index in [2.05, 4.69) is 25.7 Å². The molecule has 5 heteroatoms. The van der Waals surface area contributed by atoms with E-state index in [4.69, 9.17) is 0 Å². The first kappa shape index (κ1) is 20.7. The van der Waals surface area contributed by atoms with Crippen molar-refractivity contribution in [3.8, 4) is 0 Å². The second-order valence-electron chi connectivity index (χ2n) is 8.33. The van der Waals surface area contributed by atoms with Crippen LogP contribution in [0.3, 0.4) is 0 Å². The standard InChI is InChI=1S/C25H28N2O2S/c1-4-14-27-21-15-18(24(28)26-20-10-7-8-16(2)17(20)3)12-13-23(21)30-22-11-6-5-9-19(22)25(27)29/h4-6,9,11-13,15-17,20H,1,7-8,10,14H2,2-3H3,(H,26,28)/t16-,17+,20-/m1/s1. The lowest BCUT2D eigenvalue weighted by Crippen LogP contribution is -2.43. The van der Waals surface area contributed by atoms with Crippen molar-refractivity contribution in [2.24, 2.45) is 11.8 Å². The van der Waals surface area contributed by atoms with E-state index >= 15 is 0 Å². The van der Waals surface area contributed by atoms with Crippen molar-refractivity contribution in [2.75, 3.05) is 11.4 Å². The predicted octanol–water partition coefficient (Wildman–Crippen LogP) is 5.54. The van der Waals surface area contributed by atoms with Crippen molar-refractivity contribution in [2.45, 2.75) is 48.9 Å². The van der Waals surface area contributed by atoms with Gasteiger partial charge in [-0.1, -0.05) is 56.7 Å². The molecule has 0 aromatic heterocycles. The van der Waals surface area contributed by atoms with Gasteiger partial charge in [-0.3, -0.25) is 9.59 Å². The van der Waals surface area contributed by atoms with Crippen LogP contribution < -0.4 is 10.2 Å². The van der Waals surface area contributed by atoms with E-state index < -0.39 is 0 Å². The van der Waals surface area contributed by atoms with Gasteiger partial charge in [0.15, 0.2) is 0 Å². The van der Waals surface area contributed by atoms with Crippen LogP contribution in [0.5, 0.6) is 0 Å². The summed E-state index contributed by atoms with van der Waals surface area (Å²) >= 11 is 1.56. The Bertz CT molecular complexity index is 987. The van der Waals surface area contributed by atoms with Crippen LogP contribution in [-0.2, 0) is 0 Å². The minimum Gasteiger partial charge on any atom is -0.349 e. The fraction of sp³-hybridized carbons (Fsp3) is 0.360. The molecule has 156 valence electrons. The van der Waals surface area contributed by atoms with Crippen molar-refractivity contribution < 1.29 is 9.59 Å². The third kappa shape index (κ3) is 3.91. The lowest BCUT2D eigenvalue weighted by molar-refractivity contribution is 0.0890. The number of rotatable bonds is 4. The molecular formula is C25H28N2O2S. The molecule has 1 saturated carbocycles. The van der Waals surface area contributed by atoms with Gasteiger partial charge in [0.25, 0.3) is 11.8 Å². The van der Waals surface area contributed by atoms with Gasteiger partial charge >= 0.3 is 0 Å². The van der Waals surface area contributed by atoms with Crippen molar-refractivity contribution in [3.05, 3.63) is 66.2 Å². The largest absolute Gasteiger partial charge is 0.349 e. The number of carbonyl (C=O) groups excluding carboxylic acids is 2. The Labute approximate surface area is 182 Å². The molecule has 4 rings (SSSR count). The van der Waals surface area contributed by atoms with Gasteiger partial charge in [-0.2, -0.15) is 0 Å². The summed E-state index contributed by atoms with van der Waals surface area (Å²) in [6.07, 6.45) is 5.12. The number of nitrogens with zero attached hydrogens (tertiary/aromatic N) is 1. The smallest absolute Gasteiger partial charge is 0.259 e. The molecule has 0 saturated heterocycles. The summed E-state index contributed by atoms with van der Waals surface area (Å²) < 4.78 is 0. The van der Waals surface area contributed by atoms with Gasteiger partial charge in [-0.05, 0) is 48.6 Å². The van der Waals surface area contributed by atoms with Gasteiger partial charge in [0.2, 0.25) is 0 Å². The van der Waals surface area contributed by atoms with Crippen LogP contribution in [0.15, 0.2) is 64.9 Å². The van der Waals surface area contributed by atoms with Gasteiger partial charge in [0.1, 0.15) is 0 Å². The van der Waals surface area contributed by atoms with Crippen LogP contribution in [0.1, 0.15) is 53.8 Å². The van der Waals surface area contributed by atoms with E-state index in [-0.39, 0.29) is 17.9 Å². The summed E-state index contributed by atoms with van der Waals surface area (Å²) in [5, 5.41) is 3.24. The molecule has 0 bridgehead atoms. The zero-order valence-corrected chi connectivity index (χ0v) is 18.4. The molecule has 1 aliphatic heterocycles. The number of amides is 2. The third-order valence-corrected chi connectivity index (χ3v) is 7.57. The SMILES string of the molecule is C=CCN1C(=O)c2ccccc2Sc2ccc(C(=O)N[C@@H]3CCC[C@@H](C)[C@@H]3C)cc21. The highest BCUT2D eigenvalue weighted by Crippen LogP contribution is 2.41. The third-order valence-electron chi connectivity index (χ3n) is 6.43. The Morgan fingerprint density at radius 1 is 1.20 bits per heavy atom. The van der Waals surface area contributed by atoms with E-state index in [0.29, 0.717) is 29.5 Å². The molecule has 0 radical (unpaired) electrons. The number of benzene rings is 2. The highest BCUT2D eigenvalue weighted by molar-refractivity contribution is 7.99. The summed E-state index contributed by atoms with van der Waals surface area (Å²) in [7, 11) is 0. The summed E-state index contributed by atoms with van der Waals surface area (Å²) in [6, 6.07) is 13.5. The number of anilines is 1. The number of nitrogens with one attached hydrogen (secondary N) is 1. The summed E-state index contributed by atoms with van der Waals surface area (Å²) in [5.41, 5.74) is 2.03. The highest BCUT2D eigenvalue weighted by Gasteiger charge is 2.30. The maximum absolute atomic E-state index is 13.2. The lowest BCUT2D eigenvalue weighted by Gasteiger charge is -2.34. The molecule has 3 atom stereocenters. The van der Waals surface area contributed by atoms with E-state index in [0.717, 1.165) is 28.3 Å². The zero-order valence-electron chi connectivity index (χ0n) is 17.6. The summed E-state index contributed by atoms with van der Waals surface area (Å²) in [5.74, 6) is 0.949.